The summed E-state index contributed by atoms with van der Waals surface area (Å²) < 4.78 is 11.5. The van der Waals surface area contributed by atoms with Crippen molar-refractivity contribution in [1.29, 1.82) is 0 Å². The Morgan fingerprint density at radius 3 is 2.67 bits per heavy atom. The lowest BCUT2D eigenvalue weighted by molar-refractivity contribution is 0.102. The monoisotopic (exact) mass is 418 g/mol. The summed E-state index contributed by atoms with van der Waals surface area (Å²) in [7, 11) is 1.64. The number of fused-ring (bicyclic) bond motifs is 1. The zero-order valence-electron chi connectivity index (χ0n) is 17.1. The van der Waals surface area contributed by atoms with Crippen molar-refractivity contribution in [3.8, 4) is 11.5 Å². The van der Waals surface area contributed by atoms with E-state index >= 15 is 0 Å². The number of carbonyl (C=O) groups excluding carboxylic acids is 1. The highest BCUT2D eigenvalue weighted by Gasteiger charge is 2.21. The first-order chi connectivity index (χ1) is 14.5. The molecule has 0 aliphatic heterocycles. The van der Waals surface area contributed by atoms with Crippen molar-refractivity contribution in [1.82, 2.24) is 0 Å². The van der Waals surface area contributed by atoms with Crippen LogP contribution in [-0.2, 0) is 13.0 Å². The molecule has 1 aliphatic carbocycles. The fourth-order valence-corrected chi connectivity index (χ4v) is 3.84. The Morgan fingerprint density at radius 2 is 1.87 bits per heavy atom. The molecular formula is C26H23ClO3. The number of aryl methyl sites for hydroxylation is 2. The minimum atomic E-state index is 0.113. The van der Waals surface area contributed by atoms with Gasteiger partial charge in [-0.25, -0.2) is 0 Å². The number of hydrogen-bond donors (Lipinski definition) is 0. The number of methoxy groups -OCH3 is 1. The summed E-state index contributed by atoms with van der Waals surface area (Å²) in [6, 6.07) is 19.3. The fourth-order valence-electron chi connectivity index (χ4n) is 3.72. The SMILES string of the molecule is COc1ccc(C=C2CCc3ccccc3C2=O)cc1COc1ccc(Cl)c(C)c1. The highest BCUT2D eigenvalue weighted by atomic mass is 35.5. The largest absolute Gasteiger partial charge is 0.496 e. The number of Topliss-reactive ketones (excluding diaryl/α,β-unsaturated/α-hetero) is 1. The molecule has 0 bridgehead atoms. The van der Waals surface area contributed by atoms with Gasteiger partial charge in [0.05, 0.1) is 7.11 Å². The third kappa shape index (κ3) is 4.27. The highest BCUT2D eigenvalue weighted by molar-refractivity contribution is 6.31. The van der Waals surface area contributed by atoms with Gasteiger partial charge in [-0.3, -0.25) is 4.79 Å². The van der Waals surface area contributed by atoms with Crippen LogP contribution in [0.2, 0.25) is 5.02 Å². The maximum absolute atomic E-state index is 12.9. The molecule has 4 heteroatoms. The van der Waals surface area contributed by atoms with Crippen molar-refractivity contribution < 1.29 is 14.3 Å². The first kappa shape index (κ1) is 20.2. The van der Waals surface area contributed by atoms with E-state index in [-0.39, 0.29) is 5.78 Å². The Balaban J connectivity index is 1.57. The van der Waals surface area contributed by atoms with Crippen molar-refractivity contribution in [2.45, 2.75) is 26.4 Å². The zero-order chi connectivity index (χ0) is 21.1. The first-order valence-electron chi connectivity index (χ1n) is 9.94. The minimum Gasteiger partial charge on any atom is -0.496 e. The van der Waals surface area contributed by atoms with Crippen molar-refractivity contribution in [2.24, 2.45) is 0 Å². The predicted molar refractivity (Wildman–Crippen MR) is 121 cm³/mol. The lowest BCUT2D eigenvalue weighted by Crippen LogP contribution is -2.13. The first-order valence-corrected chi connectivity index (χ1v) is 10.3. The van der Waals surface area contributed by atoms with Crippen LogP contribution in [-0.4, -0.2) is 12.9 Å². The van der Waals surface area contributed by atoms with Crippen LogP contribution in [0, 0.1) is 6.92 Å². The van der Waals surface area contributed by atoms with Gasteiger partial charge in [-0.2, -0.15) is 0 Å². The summed E-state index contributed by atoms with van der Waals surface area (Å²) in [5, 5.41) is 0.715. The summed E-state index contributed by atoms with van der Waals surface area (Å²) in [6.07, 6.45) is 3.61. The van der Waals surface area contributed by atoms with Crippen LogP contribution in [0.4, 0.5) is 0 Å². The number of carbonyl (C=O) groups is 1. The van der Waals surface area contributed by atoms with E-state index in [0.717, 1.165) is 57.7 Å². The van der Waals surface area contributed by atoms with Crippen molar-refractivity contribution in [3.63, 3.8) is 0 Å². The van der Waals surface area contributed by atoms with Crippen LogP contribution < -0.4 is 9.47 Å². The normalized spacial score (nSPS) is 14.5. The second-order valence-electron chi connectivity index (χ2n) is 7.43. The average molecular weight is 419 g/mol. The van der Waals surface area contributed by atoms with E-state index in [1.54, 1.807) is 7.11 Å². The summed E-state index contributed by atoms with van der Waals surface area (Å²) in [6.45, 7) is 2.31. The Labute approximate surface area is 181 Å². The van der Waals surface area contributed by atoms with Crippen LogP contribution in [0.3, 0.4) is 0 Å². The number of ether oxygens (including phenoxy) is 2. The molecule has 152 valence electrons. The lowest BCUT2D eigenvalue weighted by atomic mass is 9.86. The van der Waals surface area contributed by atoms with Gasteiger partial charge in [0.2, 0.25) is 0 Å². The van der Waals surface area contributed by atoms with E-state index in [4.69, 9.17) is 21.1 Å². The van der Waals surface area contributed by atoms with Crippen molar-refractivity contribution in [2.75, 3.05) is 7.11 Å². The molecule has 30 heavy (non-hydrogen) atoms. The number of hydrogen-bond acceptors (Lipinski definition) is 3. The van der Waals surface area contributed by atoms with Gasteiger partial charge in [0, 0.05) is 21.7 Å². The van der Waals surface area contributed by atoms with Gasteiger partial charge in [0.25, 0.3) is 0 Å². The second-order valence-corrected chi connectivity index (χ2v) is 7.83. The third-order valence-corrected chi connectivity index (χ3v) is 5.81. The molecule has 0 atom stereocenters. The van der Waals surface area contributed by atoms with Gasteiger partial charge in [-0.15, -0.1) is 0 Å². The van der Waals surface area contributed by atoms with Gasteiger partial charge in [0.1, 0.15) is 18.1 Å². The van der Waals surface area contributed by atoms with E-state index < -0.39 is 0 Å². The number of benzene rings is 3. The Morgan fingerprint density at radius 1 is 1.03 bits per heavy atom. The molecule has 0 radical (unpaired) electrons. The maximum atomic E-state index is 12.9. The van der Waals surface area contributed by atoms with Crippen LogP contribution >= 0.6 is 11.6 Å². The molecule has 3 aromatic carbocycles. The van der Waals surface area contributed by atoms with Crippen LogP contribution in [0.5, 0.6) is 11.5 Å². The van der Waals surface area contributed by atoms with E-state index in [1.807, 2.05) is 73.7 Å². The van der Waals surface area contributed by atoms with E-state index in [2.05, 4.69) is 0 Å². The van der Waals surface area contributed by atoms with Crippen LogP contribution in [0.25, 0.3) is 6.08 Å². The number of ketones is 1. The molecule has 3 aromatic rings. The number of allylic oxidation sites excluding steroid dienone is 1. The highest BCUT2D eigenvalue weighted by Crippen LogP contribution is 2.29. The predicted octanol–water partition coefficient (Wildman–Crippen LogP) is 6.45. The molecule has 4 rings (SSSR count). The van der Waals surface area contributed by atoms with Gasteiger partial charge in [-0.1, -0.05) is 41.9 Å². The molecule has 0 N–H and O–H groups in total. The topological polar surface area (TPSA) is 35.5 Å². The van der Waals surface area contributed by atoms with E-state index in [1.165, 1.54) is 0 Å². The number of rotatable bonds is 5. The third-order valence-electron chi connectivity index (χ3n) is 5.39. The summed E-state index contributed by atoms with van der Waals surface area (Å²) in [4.78, 5) is 12.9. The van der Waals surface area contributed by atoms with Gasteiger partial charge in [0.15, 0.2) is 5.78 Å². The van der Waals surface area contributed by atoms with Crippen LogP contribution in [0.15, 0.2) is 66.2 Å². The second kappa shape index (κ2) is 8.76. The summed E-state index contributed by atoms with van der Waals surface area (Å²) >= 11 is 6.09. The molecule has 0 unspecified atom stereocenters. The Bertz CT molecular complexity index is 1130. The summed E-state index contributed by atoms with van der Waals surface area (Å²) in [5.74, 6) is 1.62. The molecule has 0 amide bonds. The molecule has 0 saturated heterocycles. The molecule has 0 saturated carbocycles. The molecule has 1 aliphatic rings. The molecule has 3 nitrogen and oxygen atoms in total. The van der Waals surface area contributed by atoms with E-state index in [0.29, 0.717) is 11.6 Å². The van der Waals surface area contributed by atoms with Crippen molar-refractivity contribution >= 4 is 23.5 Å². The molecule has 0 heterocycles. The summed E-state index contributed by atoms with van der Waals surface area (Å²) in [5.41, 5.74) is 5.62. The van der Waals surface area contributed by atoms with Gasteiger partial charge in [-0.05, 0) is 72.9 Å². The van der Waals surface area contributed by atoms with Crippen LogP contribution in [0.1, 0.15) is 39.0 Å². The lowest BCUT2D eigenvalue weighted by Gasteiger charge is -2.17. The minimum absolute atomic E-state index is 0.113. The molecule has 0 aromatic heterocycles. The molecule has 0 spiro atoms. The van der Waals surface area contributed by atoms with E-state index in [9.17, 15) is 4.79 Å². The molecule has 0 fully saturated rings. The average Bonchev–Trinajstić information content (AvgIpc) is 2.77. The molecular weight excluding hydrogens is 396 g/mol. The van der Waals surface area contributed by atoms with Gasteiger partial charge >= 0.3 is 0 Å². The maximum Gasteiger partial charge on any atom is 0.189 e. The smallest absolute Gasteiger partial charge is 0.189 e. The fraction of sp³-hybridized carbons (Fsp3) is 0.192. The Kier molecular flexibility index (Phi) is 5.91. The zero-order valence-corrected chi connectivity index (χ0v) is 17.8. The Hall–Kier alpha value is -3.04. The standard InChI is InChI=1S/C26H23ClO3/c1-17-13-22(10-11-24(17)27)30-16-21-15-18(7-12-25(21)29-2)14-20-9-8-19-5-3-4-6-23(19)26(20)28/h3-7,10-15H,8-9,16H2,1-2H3. The number of halogens is 1. The quantitative estimate of drug-likeness (QED) is 0.447. The van der Waals surface area contributed by atoms with Crippen molar-refractivity contribution in [3.05, 3.63) is 99.1 Å². The van der Waals surface area contributed by atoms with Gasteiger partial charge < -0.3 is 9.47 Å².